The predicted molar refractivity (Wildman–Crippen MR) is 60.6 cm³/mol. The van der Waals surface area contributed by atoms with E-state index in [2.05, 4.69) is 5.43 Å². The van der Waals surface area contributed by atoms with E-state index in [1.165, 1.54) is 6.07 Å². The minimum Gasteiger partial charge on any atom is -0.322 e. The quantitative estimate of drug-likeness (QED) is 0.630. The third-order valence-electron chi connectivity index (χ3n) is 2.24. The maximum atomic E-state index is 10.8. The standard InChI is InChI=1S/C11H11N3O2/c15-14(16)11-6-2-1-5-10(11)9-12-13-7-3-4-8-13/h1-8,12H,9H2. The highest BCUT2D eigenvalue weighted by molar-refractivity contribution is 5.40. The van der Waals surface area contributed by atoms with E-state index in [1.807, 2.05) is 24.5 Å². The first-order valence-corrected chi connectivity index (χ1v) is 4.86. The second-order valence-corrected chi connectivity index (χ2v) is 3.31. The normalized spacial score (nSPS) is 10.0. The summed E-state index contributed by atoms with van der Waals surface area (Å²) in [6.45, 7) is 0.422. The molecule has 0 aliphatic rings. The van der Waals surface area contributed by atoms with Crippen LogP contribution in [0.5, 0.6) is 0 Å². The van der Waals surface area contributed by atoms with Crippen molar-refractivity contribution >= 4 is 5.69 Å². The lowest BCUT2D eigenvalue weighted by molar-refractivity contribution is -0.385. The topological polar surface area (TPSA) is 60.1 Å². The molecule has 0 saturated carbocycles. The van der Waals surface area contributed by atoms with Crippen LogP contribution in [0.4, 0.5) is 5.69 Å². The van der Waals surface area contributed by atoms with Gasteiger partial charge in [-0.1, -0.05) is 18.2 Å². The Balaban J connectivity index is 2.12. The molecular formula is C11H11N3O2. The summed E-state index contributed by atoms with van der Waals surface area (Å²) in [5.41, 5.74) is 3.86. The lowest BCUT2D eigenvalue weighted by Gasteiger charge is -2.07. The number of nitro benzene ring substituents is 1. The van der Waals surface area contributed by atoms with E-state index < -0.39 is 0 Å². The van der Waals surface area contributed by atoms with Gasteiger partial charge in [-0.3, -0.25) is 14.8 Å². The maximum absolute atomic E-state index is 10.8. The molecule has 0 aliphatic carbocycles. The van der Waals surface area contributed by atoms with Crippen molar-refractivity contribution in [2.75, 3.05) is 5.43 Å². The molecular weight excluding hydrogens is 206 g/mol. The Kier molecular flexibility index (Phi) is 2.86. The zero-order chi connectivity index (χ0) is 11.4. The van der Waals surface area contributed by atoms with E-state index in [9.17, 15) is 10.1 Å². The summed E-state index contributed by atoms with van der Waals surface area (Å²) in [7, 11) is 0. The number of nitrogens with zero attached hydrogens (tertiary/aromatic N) is 2. The van der Waals surface area contributed by atoms with Gasteiger partial charge in [0.05, 0.1) is 17.0 Å². The number of nitro groups is 1. The third-order valence-corrected chi connectivity index (χ3v) is 2.24. The van der Waals surface area contributed by atoms with Gasteiger partial charge in [-0.25, -0.2) is 0 Å². The molecule has 0 atom stereocenters. The molecule has 0 bridgehead atoms. The molecule has 5 nitrogen and oxygen atoms in total. The fourth-order valence-corrected chi connectivity index (χ4v) is 1.45. The summed E-state index contributed by atoms with van der Waals surface area (Å²) < 4.78 is 1.76. The van der Waals surface area contributed by atoms with Crippen molar-refractivity contribution in [3.05, 3.63) is 64.5 Å². The van der Waals surface area contributed by atoms with Crippen LogP contribution in [-0.2, 0) is 6.54 Å². The van der Waals surface area contributed by atoms with Crippen LogP contribution in [0.15, 0.2) is 48.8 Å². The number of aromatic nitrogens is 1. The Bertz CT molecular complexity index is 480. The Hall–Kier alpha value is -2.30. The van der Waals surface area contributed by atoms with Crippen molar-refractivity contribution in [1.29, 1.82) is 0 Å². The number of nitrogens with one attached hydrogen (secondary N) is 1. The fraction of sp³-hybridized carbons (Fsp3) is 0.0909. The molecule has 1 aromatic carbocycles. The van der Waals surface area contributed by atoms with Gasteiger partial charge in [-0.2, -0.15) is 0 Å². The predicted octanol–water partition coefficient (Wildman–Crippen LogP) is 2.14. The molecule has 0 spiro atoms. The third kappa shape index (κ3) is 2.20. The van der Waals surface area contributed by atoms with E-state index >= 15 is 0 Å². The molecule has 0 amide bonds. The zero-order valence-electron chi connectivity index (χ0n) is 8.54. The fourth-order valence-electron chi connectivity index (χ4n) is 1.45. The molecule has 1 heterocycles. The molecule has 0 saturated heterocycles. The Labute approximate surface area is 92.4 Å². The minimum absolute atomic E-state index is 0.141. The lowest BCUT2D eigenvalue weighted by atomic mass is 10.2. The van der Waals surface area contributed by atoms with Crippen LogP contribution < -0.4 is 5.43 Å². The van der Waals surface area contributed by atoms with Crippen molar-refractivity contribution in [3.63, 3.8) is 0 Å². The maximum Gasteiger partial charge on any atom is 0.274 e. The SMILES string of the molecule is O=[N+]([O-])c1ccccc1CNn1cccc1. The van der Waals surface area contributed by atoms with Gasteiger partial charge in [0.15, 0.2) is 0 Å². The van der Waals surface area contributed by atoms with Crippen LogP contribution in [0.3, 0.4) is 0 Å². The van der Waals surface area contributed by atoms with Crippen molar-refractivity contribution < 1.29 is 4.92 Å². The van der Waals surface area contributed by atoms with Crippen molar-refractivity contribution in [1.82, 2.24) is 4.68 Å². The summed E-state index contributed by atoms with van der Waals surface area (Å²) in [5.74, 6) is 0. The van der Waals surface area contributed by atoms with E-state index in [-0.39, 0.29) is 10.6 Å². The Morgan fingerprint density at radius 3 is 2.56 bits per heavy atom. The average Bonchev–Trinajstić information content (AvgIpc) is 2.79. The highest BCUT2D eigenvalue weighted by Crippen LogP contribution is 2.17. The van der Waals surface area contributed by atoms with Gasteiger partial charge in [0.1, 0.15) is 0 Å². The van der Waals surface area contributed by atoms with Crippen molar-refractivity contribution in [3.8, 4) is 0 Å². The van der Waals surface area contributed by atoms with Gasteiger partial charge in [-0.05, 0) is 12.1 Å². The molecule has 16 heavy (non-hydrogen) atoms. The van der Waals surface area contributed by atoms with Gasteiger partial charge in [0, 0.05) is 18.5 Å². The summed E-state index contributed by atoms with van der Waals surface area (Å²) in [6, 6.07) is 10.5. The molecule has 5 heteroatoms. The molecule has 82 valence electrons. The van der Waals surface area contributed by atoms with E-state index in [1.54, 1.807) is 22.9 Å². The van der Waals surface area contributed by atoms with Crippen LogP contribution in [0.2, 0.25) is 0 Å². The first-order valence-electron chi connectivity index (χ1n) is 4.86. The first-order chi connectivity index (χ1) is 7.77. The number of rotatable bonds is 4. The number of para-hydroxylation sites is 1. The van der Waals surface area contributed by atoms with Gasteiger partial charge in [-0.15, -0.1) is 0 Å². The minimum atomic E-state index is -0.368. The Morgan fingerprint density at radius 1 is 1.19 bits per heavy atom. The van der Waals surface area contributed by atoms with Crippen LogP contribution in [0, 0.1) is 10.1 Å². The highest BCUT2D eigenvalue weighted by atomic mass is 16.6. The lowest BCUT2D eigenvalue weighted by Crippen LogP contribution is -2.12. The van der Waals surface area contributed by atoms with E-state index in [4.69, 9.17) is 0 Å². The first kappa shape index (κ1) is 10.2. The molecule has 2 aromatic rings. The summed E-state index contributed by atoms with van der Waals surface area (Å²) in [4.78, 5) is 10.4. The molecule has 0 aliphatic heterocycles. The number of hydrogen-bond donors (Lipinski definition) is 1. The molecule has 0 unspecified atom stereocenters. The highest BCUT2D eigenvalue weighted by Gasteiger charge is 2.11. The number of benzene rings is 1. The van der Waals surface area contributed by atoms with Crippen molar-refractivity contribution in [2.45, 2.75) is 6.54 Å². The second-order valence-electron chi connectivity index (χ2n) is 3.31. The zero-order valence-corrected chi connectivity index (χ0v) is 8.54. The molecule has 1 N–H and O–H groups in total. The van der Waals surface area contributed by atoms with Crippen LogP contribution >= 0.6 is 0 Å². The smallest absolute Gasteiger partial charge is 0.274 e. The van der Waals surface area contributed by atoms with Crippen LogP contribution in [0.1, 0.15) is 5.56 Å². The molecule has 2 rings (SSSR count). The average molecular weight is 217 g/mol. The van der Waals surface area contributed by atoms with E-state index in [0.717, 1.165) is 0 Å². The van der Waals surface area contributed by atoms with Gasteiger partial charge in [0.25, 0.3) is 5.69 Å². The molecule has 0 fully saturated rings. The monoisotopic (exact) mass is 217 g/mol. The second kappa shape index (κ2) is 4.48. The van der Waals surface area contributed by atoms with Crippen LogP contribution in [-0.4, -0.2) is 9.60 Å². The molecule has 0 radical (unpaired) electrons. The summed E-state index contributed by atoms with van der Waals surface area (Å²) >= 11 is 0. The van der Waals surface area contributed by atoms with Crippen LogP contribution in [0.25, 0.3) is 0 Å². The van der Waals surface area contributed by atoms with Crippen molar-refractivity contribution in [2.24, 2.45) is 0 Å². The van der Waals surface area contributed by atoms with Gasteiger partial charge in [0.2, 0.25) is 0 Å². The van der Waals surface area contributed by atoms with Gasteiger partial charge >= 0.3 is 0 Å². The van der Waals surface area contributed by atoms with E-state index in [0.29, 0.717) is 12.1 Å². The molecule has 1 aromatic heterocycles. The summed E-state index contributed by atoms with van der Waals surface area (Å²) in [5, 5.41) is 10.8. The largest absolute Gasteiger partial charge is 0.322 e. The summed E-state index contributed by atoms with van der Waals surface area (Å²) in [6.07, 6.45) is 3.68. The number of hydrogen-bond acceptors (Lipinski definition) is 3. The van der Waals surface area contributed by atoms with Gasteiger partial charge < -0.3 is 5.43 Å². The Morgan fingerprint density at radius 2 is 1.88 bits per heavy atom.